The van der Waals surface area contributed by atoms with Gasteiger partial charge in [0.2, 0.25) is 5.28 Å². The van der Waals surface area contributed by atoms with Gasteiger partial charge in [-0.25, -0.2) is 9.78 Å². The number of ether oxygens (including phenoxy) is 1. The van der Waals surface area contributed by atoms with Crippen LogP contribution in [0.2, 0.25) is 31.0 Å². The minimum atomic E-state index is -1.19. The number of rotatable bonds is 7. The molecule has 0 spiro atoms. The maximum atomic E-state index is 13.2. The van der Waals surface area contributed by atoms with Crippen molar-refractivity contribution in [1.29, 1.82) is 5.26 Å². The minimum Gasteiger partial charge on any atom is -0.361 e. The summed E-state index contributed by atoms with van der Waals surface area (Å²) in [6.45, 7) is 7.73. The first-order chi connectivity index (χ1) is 13.3. The summed E-state index contributed by atoms with van der Waals surface area (Å²) in [7, 11) is -1.19. The first-order valence-electron chi connectivity index (χ1n) is 9.88. The average Bonchev–Trinajstić information content (AvgIpc) is 2.90. The van der Waals surface area contributed by atoms with Crippen LogP contribution >= 0.6 is 11.6 Å². The van der Waals surface area contributed by atoms with Crippen molar-refractivity contribution in [3.8, 4) is 6.07 Å². The Hall–Kier alpha value is -1.69. The summed E-state index contributed by atoms with van der Waals surface area (Å²) in [5.41, 5.74) is 1.10. The Bertz CT molecular complexity index is 919. The molecule has 9 heteroatoms. The van der Waals surface area contributed by atoms with Crippen LogP contribution in [0.5, 0.6) is 0 Å². The second-order valence-corrected chi connectivity index (χ2v) is 14.8. The third-order valence-corrected chi connectivity index (χ3v) is 7.34. The smallest absolute Gasteiger partial charge is 0.332 e. The fourth-order valence-corrected chi connectivity index (χ4v) is 4.65. The molecule has 0 saturated heterocycles. The number of nitrogens with zero attached hydrogens (tertiary/aromatic N) is 5. The van der Waals surface area contributed by atoms with Gasteiger partial charge in [0.05, 0.1) is 12.3 Å². The van der Waals surface area contributed by atoms with Gasteiger partial charge < -0.3 is 4.74 Å². The fourth-order valence-electron chi connectivity index (χ4n) is 3.76. The molecule has 0 radical (unpaired) electrons. The molecule has 1 saturated carbocycles. The van der Waals surface area contributed by atoms with Crippen molar-refractivity contribution in [2.75, 3.05) is 6.61 Å². The van der Waals surface area contributed by atoms with Crippen molar-refractivity contribution in [1.82, 2.24) is 19.1 Å². The topological polar surface area (TPSA) is 85.7 Å². The van der Waals surface area contributed by atoms with Crippen LogP contribution in [0.3, 0.4) is 0 Å². The molecule has 28 heavy (non-hydrogen) atoms. The third-order valence-electron chi connectivity index (χ3n) is 5.45. The maximum Gasteiger partial charge on any atom is 0.332 e. The number of halogens is 1. The quantitative estimate of drug-likeness (QED) is 0.379. The SMILES string of the molecule is C[Si](C)(C)CCOCn1c(=O)n(C2CCC(CC#N)CC2)c2nc(Cl)ncc21. The second kappa shape index (κ2) is 8.76. The Balaban J connectivity index is 1.85. The van der Waals surface area contributed by atoms with Gasteiger partial charge in [-0.3, -0.25) is 9.13 Å². The minimum absolute atomic E-state index is 0.0687. The predicted molar refractivity (Wildman–Crippen MR) is 112 cm³/mol. The van der Waals surface area contributed by atoms with Crippen LogP contribution in [0.25, 0.3) is 11.2 Å². The normalized spacial score (nSPS) is 20.4. The highest BCUT2D eigenvalue weighted by atomic mass is 35.5. The first kappa shape index (κ1) is 21.0. The number of fused-ring (bicyclic) bond motifs is 1. The summed E-state index contributed by atoms with van der Waals surface area (Å²) in [5, 5.41) is 9.06. The van der Waals surface area contributed by atoms with Crippen LogP contribution in [0.4, 0.5) is 0 Å². The van der Waals surface area contributed by atoms with Crippen LogP contribution in [0, 0.1) is 17.2 Å². The van der Waals surface area contributed by atoms with Crippen molar-refractivity contribution in [2.45, 2.75) is 70.6 Å². The molecule has 0 N–H and O–H groups in total. The number of hydrogen-bond donors (Lipinski definition) is 0. The van der Waals surface area contributed by atoms with Crippen molar-refractivity contribution in [2.24, 2.45) is 5.92 Å². The Labute approximate surface area is 171 Å². The lowest BCUT2D eigenvalue weighted by atomic mass is 9.84. The molecular formula is C19H28ClN5O2Si. The summed E-state index contributed by atoms with van der Waals surface area (Å²) in [6.07, 6.45) is 5.81. The summed E-state index contributed by atoms with van der Waals surface area (Å²) < 4.78 is 9.19. The molecule has 0 unspecified atom stereocenters. The molecule has 0 bridgehead atoms. The highest BCUT2D eigenvalue weighted by Crippen LogP contribution is 2.34. The van der Waals surface area contributed by atoms with Crippen LogP contribution in [-0.2, 0) is 11.5 Å². The van der Waals surface area contributed by atoms with E-state index in [-0.39, 0.29) is 23.7 Å². The van der Waals surface area contributed by atoms with E-state index >= 15 is 0 Å². The van der Waals surface area contributed by atoms with E-state index in [1.165, 1.54) is 0 Å². The molecule has 152 valence electrons. The summed E-state index contributed by atoms with van der Waals surface area (Å²) in [4.78, 5) is 21.6. The number of aromatic nitrogens is 4. The molecule has 0 amide bonds. The monoisotopic (exact) mass is 421 g/mol. The van der Waals surface area contributed by atoms with Crippen LogP contribution in [0.1, 0.15) is 38.1 Å². The zero-order valence-electron chi connectivity index (χ0n) is 16.8. The summed E-state index contributed by atoms with van der Waals surface area (Å²) in [6, 6.07) is 3.38. The van der Waals surface area contributed by atoms with Gasteiger partial charge in [0.1, 0.15) is 12.2 Å². The van der Waals surface area contributed by atoms with Crippen molar-refractivity contribution in [3.05, 3.63) is 22.0 Å². The number of nitriles is 1. The zero-order chi connectivity index (χ0) is 20.3. The maximum absolute atomic E-state index is 13.2. The van der Waals surface area contributed by atoms with E-state index in [9.17, 15) is 4.79 Å². The van der Waals surface area contributed by atoms with Gasteiger partial charge in [-0.05, 0) is 49.2 Å². The van der Waals surface area contributed by atoms with E-state index in [4.69, 9.17) is 21.6 Å². The van der Waals surface area contributed by atoms with E-state index in [0.29, 0.717) is 30.1 Å². The summed E-state index contributed by atoms with van der Waals surface area (Å²) in [5.74, 6) is 0.424. The van der Waals surface area contributed by atoms with Crippen LogP contribution in [-0.4, -0.2) is 33.8 Å². The standard InChI is InChI=1S/C19H28ClN5O2Si/c1-28(2,3)11-10-27-13-24-16-12-22-18(20)23-17(16)25(19(24)26)15-6-4-14(5-7-15)8-9-21/h12,14-15H,4-8,10-11,13H2,1-3H3. The lowest BCUT2D eigenvalue weighted by molar-refractivity contribution is 0.0866. The van der Waals surface area contributed by atoms with Crippen LogP contribution in [0.15, 0.2) is 11.0 Å². The van der Waals surface area contributed by atoms with Gasteiger partial charge in [0, 0.05) is 27.1 Å². The van der Waals surface area contributed by atoms with Crippen molar-refractivity contribution in [3.63, 3.8) is 0 Å². The molecule has 2 aromatic rings. The third kappa shape index (κ3) is 4.83. The van der Waals surface area contributed by atoms with Crippen molar-refractivity contribution >= 4 is 30.8 Å². The lowest BCUT2D eigenvalue weighted by Gasteiger charge is -2.27. The largest absolute Gasteiger partial charge is 0.361 e. The molecule has 0 aromatic carbocycles. The molecule has 1 aliphatic carbocycles. The molecule has 2 aromatic heterocycles. The van der Waals surface area contributed by atoms with E-state index in [1.54, 1.807) is 15.3 Å². The Morgan fingerprint density at radius 3 is 2.68 bits per heavy atom. The van der Waals surface area contributed by atoms with Gasteiger partial charge in [-0.15, -0.1) is 0 Å². The van der Waals surface area contributed by atoms with E-state index < -0.39 is 8.07 Å². The zero-order valence-corrected chi connectivity index (χ0v) is 18.6. The predicted octanol–water partition coefficient (Wildman–Crippen LogP) is 4.20. The van der Waals surface area contributed by atoms with E-state index in [0.717, 1.165) is 31.7 Å². The number of hydrogen-bond acceptors (Lipinski definition) is 5. The lowest BCUT2D eigenvalue weighted by Crippen LogP contribution is -2.31. The molecule has 3 rings (SSSR count). The van der Waals surface area contributed by atoms with Crippen molar-refractivity contribution < 1.29 is 4.74 Å². The Morgan fingerprint density at radius 2 is 2.04 bits per heavy atom. The first-order valence-corrected chi connectivity index (χ1v) is 14.0. The molecule has 1 fully saturated rings. The van der Waals surface area contributed by atoms with Gasteiger partial charge >= 0.3 is 5.69 Å². The molecule has 7 nitrogen and oxygen atoms in total. The average molecular weight is 422 g/mol. The molecule has 0 atom stereocenters. The Kier molecular flexibility index (Phi) is 6.58. The molecular weight excluding hydrogens is 394 g/mol. The fraction of sp³-hybridized carbons (Fsp3) is 0.684. The van der Waals surface area contributed by atoms with Crippen LogP contribution < -0.4 is 5.69 Å². The van der Waals surface area contributed by atoms with Gasteiger partial charge in [-0.2, -0.15) is 10.2 Å². The molecule has 0 aliphatic heterocycles. The molecule has 1 aliphatic rings. The number of imidazole rings is 1. The van der Waals surface area contributed by atoms with E-state index in [2.05, 4.69) is 35.7 Å². The Morgan fingerprint density at radius 1 is 1.32 bits per heavy atom. The molecule has 2 heterocycles. The van der Waals surface area contributed by atoms with Gasteiger partial charge in [0.25, 0.3) is 0 Å². The van der Waals surface area contributed by atoms with E-state index in [1.807, 2.05) is 0 Å². The highest BCUT2D eigenvalue weighted by Gasteiger charge is 2.27. The van der Waals surface area contributed by atoms with Gasteiger partial charge in [0.15, 0.2) is 5.65 Å². The highest BCUT2D eigenvalue weighted by molar-refractivity contribution is 6.76. The van der Waals surface area contributed by atoms with Gasteiger partial charge in [-0.1, -0.05) is 19.6 Å². The second-order valence-electron chi connectivity index (χ2n) is 8.81. The summed E-state index contributed by atoms with van der Waals surface area (Å²) >= 11 is 6.02.